The molecule has 1 N–H and O–H groups in total. The number of hydrogen-bond acceptors (Lipinski definition) is 3. The quantitative estimate of drug-likeness (QED) is 0.461. The average molecular weight is 485 g/mol. The van der Waals surface area contributed by atoms with Gasteiger partial charge in [0.1, 0.15) is 11.8 Å². The van der Waals surface area contributed by atoms with Crippen LogP contribution in [0.15, 0.2) is 72.8 Å². The molecule has 0 bridgehead atoms. The summed E-state index contributed by atoms with van der Waals surface area (Å²) in [4.78, 5) is 27.8. The standard InChI is InChI=1S/C26H26Cl2N2O3/c1-18-7-6-10-22(13-18)33-17-25(31)30(16-20-11-12-21(27)15-23(20)28)24(26(32)29-2)14-19-8-4-3-5-9-19/h3-13,15,24H,14,16-17H2,1-2H3,(H,29,32)/t24-/m0/s1. The zero-order valence-corrected chi connectivity index (χ0v) is 20.1. The van der Waals surface area contributed by atoms with E-state index >= 15 is 0 Å². The minimum Gasteiger partial charge on any atom is -0.484 e. The minimum atomic E-state index is -0.752. The predicted octanol–water partition coefficient (Wildman–Crippen LogP) is 5.07. The molecule has 5 nitrogen and oxygen atoms in total. The molecule has 0 fully saturated rings. The Balaban J connectivity index is 1.90. The molecule has 0 saturated heterocycles. The van der Waals surface area contributed by atoms with E-state index in [4.69, 9.17) is 27.9 Å². The van der Waals surface area contributed by atoms with E-state index in [2.05, 4.69) is 5.32 Å². The van der Waals surface area contributed by atoms with Crippen molar-refractivity contribution in [3.63, 3.8) is 0 Å². The summed E-state index contributed by atoms with van der Waals surface area (Å²) in [5.74, 6) is -0.00715. The molecule has 3 rings (SSSR count). The number of amides is 2. The number of benzene rings is 3. The number of nitrogens with zero attached hydrogens (tertiary/aromatic N) is 1. The van der Waals surface area contributed by atoms with E-state index in [9.17, 15) is 9.59 Å². The first kappa shape index (κ1) is 24.6. The first-order chi connectivity index (χ1) is 15.9. The number of halogens is 2. The van der Waals surface area contributed by atoms with E-state index < -0.39 is 6.04 Å². The highest BCUT2D eigenvalue weighted by molar-refractivity contribution is 6.35. The van der Waals surface area contributed by atoms with Gasteiger partial charge in [0.25, 0.3) is 5.91 Å². The molecule has 0 aliphatic heterocycles. The maximum atomic E-state index is 13.4. The summed E-state index contributed by atoms with van der Waals surface area (Å²) in [6.45, 7) is 1.87. The van der Waals surface area contributed by atoms with Crippen LogP contribution in [0.25, 0.3) is 0 Å². The van der Waals surface area contributed by atoms with E-state index in [1.807, 2.05) is 55.5 Å². The van der Waals surface area contributed by atoms with Crippen LogP contribution in [-0.4, -0.2) is 36.4 Å². The van der Waals surface area contributed by atoms with Crippen LogP contribution in [0, 0.1) is 6.92 Å². The Bertz CT molecular complexity index is 1110. The Kier molecular flexibility index (Phi) is 8.75. The molecular weight excluding hydrogens is 459 g/mol. The summed E-state index contributed by atoms with van der Waals surface area (Å²) < 4.78 is 5.75. The lowest BCUT2D eigenvalue weighted by molar-refractivity contribution is -0.142. The summed E-state index contributed by atoms with van der Waals surface area (Å²) in [5, 5.41) is 3.61. The Morgan fingerprint density at radius 2 is 1.76 bits per heavy atom. The maximum absolute atomic E-state index is 13.4. The molecule has 0 spiro atoms. The van der Waals surface area contributed by atoms with Gasteiger partial charge in [0.2, 0.25) is 5.91 Å². The SMILES string of the molecule is CNC(=O)[C@H](Cc1ccccc1)N(Cc1ccc(Cl)cc1Cl)C(=O)COc1cccc(C)c1. The zero-order valence-electron chi connectivity index (χ0n) is 18.6. The molecule has 2 amide bonds. The van der Waals surface area contributed by atoms with Crippen LogP contribution < -0.4 is 10.1 Å². The third kappa shape index (κ3) is 6.98. The number of aryl methyl sites for hydroxylation is 1. The summed E-state index contributed by atoms with van der Waals surface area (Å²) in [6, 6.07) is 21.4. The van der Waals surface area contributed by atoms with E-state index in [0.29, 0.717) is 27.8 Å². The summed E-state index contributed by atoms with van der Waals surface area (Å²) in [7, 11) is 1.56. The second-order valence-electron chi connectivity index (χ2n) is 7.68. The summed E-state index contributed by atoms with van der Waals surface area (Å²) in [6.07, 6.45) is 0.349. The first-order valence-electron chi connectivity index (χ1n) is 10.6. The van der Waals surface area contributed by atoms with Gasteiger partial charge in [0.15, 0.2) is 6.61 Å². The van der Waals surface area contributed by atoms with Crippen molar-refractivity contribution >= 4 is 35.0 Å². The second-order valence-corrected chi connectivity index (χ2v) is 8.53. The van der Waals surface area contributed by atoms with Gasteiger partial charge in [-0.05, 0) is 47.9 Å². The Hall–Kier alpha value is -3.02. The predicted molar refractivity (Wildman–Crippen MR) is 132 cm³/mol. The third-order valence-corrected chi connectivity index (χ3v) is 5.81. The molecule has 0 heterocycles. The number of carbonyl (C=O) groups is 2. The van der Waals surface area contributed by atoms with E-state index in [-0.39, 0.29) is 25.0 Å². The van der Waals surface area contributed by atoms with Gasteiger partial charge >= 0.3 is 0 Å². The molecule has 0 radical (unpaired) electrons. The van der Waals surface area contributed by atoms with Crippen LogP contribution in [0.3, 0.4) is 0 Å². The molecule has 0 aromatic heterocycles. The minimum absolute atomic E-state index is 0.136. The smallest absolute Gasteiger partial charge is 0.261 e. The van der Waals surface area contributed by atoms with Crippen molar-refractivity contribution in [2.24, 2.45) is 0 Å². The van der Waals surface area contributed by atoms with Gasteiger partial charge in [-0.15, -0.1) is 0 Å². The van der Waals surface area contributed by atoms with Crippen LogP contribution in [0.1, 0.15) is 16.7 Å². The molecule has 0 unspecified atom stereocenters. The van der Waals surface area contributed by atoms with E-state index in [1.165, 1.54) is 4.90 Å². The first-order valence-corrected chi connectivity index (χ1v) is 11.3. The van der Waals surface area contributed by atoms with Gasteiger partial charge in [0, 0.05) is 30.1 Å². The highest BCUT2D eigenvalue weighted by Gasteiger charge is 2.30. The Morgan fingerprint density at radius 1 is 1.00 bits per heavy atom. The van der Waals surface area contributed by atoms with Crippen LogP contribution in [0.5, 0.6) is 5.75 Å². The fraction of sp³-hybridized carbons (Fsp3) is 0.231. The number of hydrogen-bond donors (Lipinski definition) is 1. The van der Waals surface area contributed by atoms with Crippen molar-refractivity contribution in [2.45, 2.75) is 25.9 Å². The lowest BCUT2D eigenvalue weighted by atomic mass is 10.0. The van der Waals surface area contributed by atoms with Gasteiger partial charge in [0.05, 0.1) is 0 Å². The molecule has 0 aliphatic carbocycles. The van der Waals surface area contributed by atoms with Crippen molar-refractivity contribution in [3.05, 3.63) is 99.5 Å². The molecule has 0 aliphatic rings. The maximum Gasteiger partial charge on any atom is 0.261 e. The van der Waals surface area contributed by atoms with Crippen molar-refractivity contribution in [1.82, 2.24) is 10.2 Å². The zero-order chi connectivity index (χ0) is 23.8. The van der Waals surface area contributed by atoms with E-state index in [0.717, 1.165) is 11.1 Å². The highest BCUT2D eigenvalue weighted by atomic mass is 35.5. The molecule has 3 aromatic rings. The molecule has 3 aromatic carbocycles. The lowest BCUT2D eigenvalue weighted by Crippen LogP contribution is -2.51. The lowest BCUT2D eigenvalue weighted by Gasteiger charge is -2.31. The number of rotatable bonds is 9. The fourth-order valence-electron chi connectivity index (χ4n) is 3.49. The molecule has 7 heteroatoms. The molecule has 1 atom stereocenters. The second kappa shape index (κ2) is 11.7. The summed E-state index contributed by atoms with van der Waals surface area (Å²) >= 11 is 12.4. The number of ether oxygens (including phenoxy) is 1. The van der Waals surface area contributed by atoms with Crippen LogP contribution >= 0.6 is 23.2 Å². The van der Waals surface area contributed by atoms with Crippen molar-refractivity contribution < 1.29 is 14.3 Å². The average Bonchev–Trinajstić information content (AvgIpc) is 2.81. The number of likely N-dealkylation sites (N-methyl/N-ethyl adjacent to an activating group) is 1. The third-order valence-electron chi connectivity index (χ3n) is 5.23. The largest absolute Gasteiger partial charge is 0.484 e. The number of nitrogens with one attached hydrogen (secondary N) is 1. The van der Waals surface area contributed by atoms with Crippen molar-refractivity contribution in [1.29, 1.82) is 0 Å². The Labute approximate surface area is 204 Å². The van der Waals surface area contributed by atoms with E-state index in [1.54, 1.807) is 31.3 Å². The fourth-order valence-corrected chi connectivity index (χ4v) is 3.96. The van der Waals surface area contributed by atoms with Crippen molar-refractivity contribution in [3.8, 4) is 5.75 Å². The van der Waals surface area contributed by atoms with Gasteiger partial charge in [-0.2, -0.15) is 0 Å². The van der Waals surface area contributed by atoms with Gasteiger partial charge in [-0.1, -0.05) is 71.7 Å². The monoisotopic (exact) mass is 484 g/mol. The highest BCUT2D eigenvalue weighted by Crippen LogP contribution is 2.24. The van der Waals surface area contributed by atoms with Crippen LogP contribution in [-0.2, 0) is 22.6 Å². The van der Waals surface area contributed by atoms with Gasteiger partial charge in [-0.25, -0.2) is 0 Å². The van der Waals surface area contributed by atoms with Gasteiger partial charge in [-0.3, -0.25) is 9.59 Å². The van der Waals surface area contributed by atoms with Crippen LogP contribution in [0.2, 0.25) is 10.0 Å². The normalized spacial score (nSPS) is 11.5. The van der Waals surface area contributed by atoms with Crippen LogP contribution in [0.4, 0.5) is 0 Å². The number of carbonyl (C=O) groups excluding carboxylic acids is 2. The van der Waals surface area contributed by atoms with Gasteiger partial charge < -0.3 is 15.0 Å². The molecule has 0 saturated carbocycles. The topological polar surface area (TPSA) is 58.6 Å². The Morgan fingerprint density at radius 3 is 2.42 bits per heavy atom. The van der Waals surface area contributed by atoms with Crippen molar-refractivity contribution in [2.75, 3.05) is 13.7 Å². The molecule has 172 valence electrons. The molecule has 33 heavy (non-hydrogen) atoms. The molecular formula is C26H26Cl2N2O3. The summed E-state index contributed by atoms with van der Waals surface area (Å²) in [5.41, 5.74) is 2.65.